The van der Waals surface area contributed by atoms with Gasteiger partial charge in [0.25, 0.3) is 0 Å². The number of likely N-dealkylation sites (tertiary alicyclic amines) is 1. The van der Waals surface area contributed by atoms with E-state index in [1.807, 2.05) is 11.9 Å². The van der Waals surface area contributed by atoms with E-state index < -0.39 is 0 Å². The molecule has 0 aromatic heterocycles. The Hall–Kier alpha value is -0.610. The molecular weight excluding hydrogens is 226 g/mol. The standard InChI is InChI=1S/C14H27N3O/c1-16-9-3-4-13(10-16)17(2)14(18)11-5-7-12(15)8-6-11/h11-13H,3-10,15H2,1-2H3. The Balaban J connectivity index is 1.87. The first-order chi connectivity index (χ1) is 8.58. The van der Waals surface area contributed by atoms with Crippen LogP contribution in [0.5, 0.6) is 0 Å². The average molecular weight is 253 g/mol. The molecule has 1 aliphatic carbocycles. The Morgan fingerprint density at radius 3 is 2.50 bits per heavy atom. The van der Waals surface area contributed by atoms with Gasteiger partial charge in [0.2, 0.25) is 5.91 Å². The van der Waals surface area contributed by atoms with Gasteiger partial charge in [0.05, 0.1) is 0 Å². The van der Waals surface area contributed by atoms with Gasteiger partial charge in [-0.05, 0) is 52.1 Å². The fourth-order valence-corrected chi connectivity index (χ4v) is 3.29. The number of piperidine rings is 1. The molecule has 0 aromatic carbocycles. The topological polar surface area (TPSA) is 49.6 Å². The number of hydrogen-bond acceptors (Lipinski definition) is 3. The molecule has 2 rings (SSSR count). The van der Waals surface area contributed by atoms with Gasteiger partial charge in [-0.25, -0.2) is 0 Å². The molecule has 4 nitrogen and oxygen atoms in total. The number of likely N-dealkylation sites (N-methyl/N-ethyl adjacent to an activating group) is 2. The fourth-order valence-electron chi connectivity index (χ4n) is 3.29. The second-order valence-electron chi connectivity index (χ2n) is 6.12. The number of rotatable bonds is 2. The minimum absolute atomic E-state index is 0.224. The predicted octanol–water partition coefficient (Wildman–Crippen LogP) is 1.06. The van der Waals surface area contributed by atoms with Gasteiger partial charge < -0.3 is 15.5 Å². The summed E-state index contributed by atoms with van der Waals surface area (Å²) >= 11 is 0. The molecule has 1 saturated heterocycles. The lowest BCUT2D eigenvalue weighted by atomic mass is 9.85. The summed E-state index contributed by atoms with van der Waals surface area (Å²) in [6, 6.07) is 0.729. The highest BCUT2D eigenvalue weighted by Gasteiger charge is 2.31. The molecular formula is C14H27N3O. The molecule has 1 unspecified atom stereocenters. The molecule has 2 fully saturated rings. The van der Waals surface area contributed by atoms with Crippen molar-refractivity contribution in [3.8, 4) is 0 Å². The predicted molar refractivity (Wildman–Crippen MR) is 73.2 cm³/mol. The minimum atomic E-state index is 0.224. The number of carbonyl (C=O) groups is 1. The van der Waals surface area contributed by atoms with Crippen molar-refractivity contribution in [2.75, 3.05) is 27.2 Å². The van der Waals surface area contributed by atoms with Crippen LogP contribution in [0, 0.1) is 5.92 Å². The van der Waals surface area contributed by atoms with Crippen molar-refractivity contribution >= 4 is 5.91 Å². The summed E-state index contributed by atoms with van der Waals surface area (Å²) in [6.07, 6.45) is 6.33. The smallest absolute Gasteiger partial charge is 0.225 e. The van der Waals surface area contributed by atoms with Gasteiger partial charge in [-0.2, -0.15) is 0 Å². The van der Waals surface area contributed by atoms with Crippen LogP contribution >= 0.6 is 0 Å². The summed E-state index contributed by atoms with van der Waals surface area (Å²) in [5.41, 5.74) is 5.90. The molecule has 4 heteroatoms. The second kappa shape index (κ2) is 6.02. The Labute approximate surface area is 110 Å². The Morgan fingerprint density at radius 2 is 1.89 bits per heavy atom. The van der Waals surface area contributed by atoms with Crippen LogP contribution in [0.4, 0.5) is 0 Å². The Kier molecular flexibility index (Phi) is 4.62. The summed E-state index contributed by atoms with van der Waals surface area (Å²) in [6.45, 7) is 2.19. The Morgan fingerprint density at radius 1 is 1.22 bits per heavy atom. The first kappa shape index (κ1) is 13.8. The third-order valence-electron chi connectivity index (χ3n) is 4.62. The molecule has 2 aliphatic rings. The van der Waals surface area contributed by atoms with Crippen molar-refractivity contribution in [2.24, 2.45) is 11.7 Å². The summed E-state index contributed by atoms with van der Waals surface area (Å²) in [5.74, 6) is 0.573. The van der Waals surface area contributed by atoms with Gasteiger partial charge >= 0.3 is 0 Å². The average Bonchev–Trinajstić information content (AvgIpc) is 2.38. The summed E-state index contributed by atoms with van der Waals surface area (Å²) in [7, 11) is 4.13. The lowest BCUT2D eigenvalue weighted by molar-refractivity contribution is -0.138. The van der Waals surface area contributed by atoms with E-state index in [0.717, 1.165) is 45.2 Å². The summed E-state index contributed by atoms with van der Waals surface area (Å²) in [4.78, 5) is 16.8. The van der Waals surface area contributed by atoms with E-state index in [2.05, 4.69) is 11.9 Å². The second-order valence-corrected chi connectivity index (χ2v) is 6.12. The van der Waals surface area contributed by atoms with Crippen LogP contribution in [0.2, 0.25) is 0 Å². The van der Waals surface area contributed by atoms with E-state index in [0.29, 0.717) is 18.0 Å². The SMILES string of the molecule is CN1CCCC(N(C)C(=O)C2CCC(N)CC2)C1. The van der Waals surface area contributed by atoms with Gasteiger partial charge in [-0.1, -0.05) is 0 Å². The normalized spacial score (nSPS) is 34.3. The van der Waals surface area contributed by atoms with Crippen LogP contribution in [0.25, 0.3) is 0 Å². The zero-order chi connectivity index (χ0) is 13.1. The maximum absolute atomic E-state index is 12.5. The monoisotopic (exact) mass is 253 g/mol. The maximum atomic E-state index is 12.5. The minimum Gasteiger partial charge on any atom is -0.341 e. The van der Waals surface area contributed by atoms with Crippen molar-refractivity contribution in [1.82, 2.24) is 9.80 Å². The molecule has 1 heterocycles. The molecule has 18 heavy (non-hydrogen) atoms. The van der Waals surface area contributed by atoms with Crippen LogP contribution in [0.15, 0.2) is 0 Å². The van der Waals surface area contributed by atoms with Gasteiger partial charge in [0.15, 0.2) is 0 Å². The molecule has 1 saturated carbocycles. The van der Waals surface area contributed by atoms with Gasteiger partial charge in [0.1, 0.15) is 0 Å². The van der Waals surface area contributed by atoms with Crippen LogP contribution < -0.4 is 5.73 Å². The lowest BCUT2D eigenvalue weighted by Crippen LogP contribution is -2.49. The number of carbonyl (C=O) groups excluding carboxylic acids is 1. The van der Waals surface area contributed by atoms with Crippen LogP contribution in [-0.2, 0) is 4.79 Å². The van der Waals surface area contributed by atoms with Crippen molar-refractivity contribution in [3.63, 3.8) is 0 Å². The van der Waals surface area contributed by atoms with Gasteiger partial charge in [0, 0.05) is 31.6 Å². The molecule has 1 atom stereocenters. The van der Waals surface area contributed by atoms with E-state index >= 15 is 0 Å². The first-order valence-corrected chi connectivity index (χ1v) is 7.28. The highest BCUT2D eigenvalue weighted by Crippen LogP contribution is 2.26. The first-order valence-electron chi connectivity index (χ1n) is 7.28. The third kappa shape index (κ3) is 3.23. The van der Waals surface area contributed by atoms with Gasteiger partial charge in [-0.15, -0.1) is 0 Å². The molecule has 0 radical (unpaired) electrons. The maximum Gasteiger partial charge on any atom is 0.225 e. The van der Waals surface area contributed by atoms with Crippen molar-refractivity contribution in [3.05, 3.63) is 0 Å². The molecule has 0 spiro atoms. The summed E-state index contributed by atoms with van der Waals surface area (Å²) in [5, 5.41) is 0. The van der Waals surface area contributed by atoms with Crippen LogP contribution in [0.3, 0.4) is 0 Å². The third-order valence-corrected chi connectivity index (χ3v) is 4.62. The largest absolute Gasteiger partial charge is 0.341 e. The molecule has 1 aliphatic heterocycles. The highest BCUT2D eigenvalue weighted by atomic mass is 16.2. The van der Waals surface area contributed by atoms with Crippen LogP contribution in [0.1, 0.15) is 38.5 Å². The van der Waals surface area contributed by atoms with Crippen LogP contribution in [-0.4, -0.2) is 55.0 Å². The highest BCUT2D eigenvalue weighted by molar-refractivity contribution is 5.79. The Bertz CT molecular complexity index is 287. The fraction of sp³-hybridized carbons (Fsp3) is 0.929. The number of nitrogens with zero attached hydrogens (tertiary/aromatic N) is 2. The molecule has 0 aromatic rings. The molecule has 1 amide bonds. The molecule has 0 bridgehead atoms. The van der Waals surface area contributed by atoms with E-state index in [-0.39, 0.29) is 5.92 Å². The van der Waals surface area contributed by atoms with Gasteiger partial charge in [-0.3, -0.25) is 4.79 Å². The lowest BCUT2D eigenvalue weighted by Gasteiger charge is -2.38. The van der Waals surface area contributed by atoms with Crippen molar-refractivity contribution in [2.45, 2.75) is 50.6 Å². The van der Waals surface area contributed by atoms with Crippen molar-refractivity contribution in [1.29, 1.82) is 0 Å². The van der Waals surface area contributed by atoms with Crippen molar-refractivity contribution < 1.29 is 4.79 Å². The summed E-state index contributed by atoms with van der Waals surface area (Å²) < 4.78 is 0. The molecule has 104 valence electrons. The van der Waals surface area contributed by atoms with E-state index in [9.17, 15) is 4.79 Å². The zero-order valence-corrected chi connectivity index (χ0v) is 11.8. The van der Waals surface area contributed by atoms with E-state index in [1.54, 1.807) is 0 Å². The quantitative estimate of drug-likeness (QED) is 0.800. The number of hydrogen-bond donors (Lipinski definition) is 1. The molecule has 2 N–H and O–H groups in total. The van der Waals surface area contributed by atoms with E-state index in [1.165, 1.54) is 6.42 Å². The number of nitrogens with two attached hydrogens (primary N) is 1. The van der Waals surface area contributed by atoms with E-state index in [4.69, 9.17) is 5.73 Å². The zero-order valence-electron chi connectivity index (χ0n) is 11.8. The number of amides is 1.